The van der Waals surface area contributed by atoms with Gasteiger partial charge in [-0.05, 0) is 61.6 Å². The number of rotatable bonds is 12. The highest BCUT2D eigenvalue weighted by Crippen LogP contribution is 2.67. The zero-order valence-corrected chi connectivity index (χ0v) is 24.2. The molecule has 4 saturated carbocycles. The van der Waals surface area contributed by atoms with Crippen molar-refractivity contribution in [2.24, 2.45) is 5.92 Å². The molecule has 4 fully saturated rings. The number of para-hydroxylation sites is 3. The molecule has 3 aromatic carbocycles. The molecule has 9 nitrogen and oxygen atoms in total. The molecule has 0 spiro atoms. The first-order valence-corrected chi connectivity index (χ1v) is 16.3. The molecule has 0 aliphatic heterocycles. The van der Waals surface area contributed by atoms with Crippen LogP contribution in [0.2, 0.25) is 0 Å². The number of benzene rings is 3. The van der Waals surface area contributed by atoms with E-state index in [4.69, 9.17) is 27.1 Å². The highest BCUT2D eigenvalue weighted by Gasteiger charge is 2.73. The van der Waals surface area contributed by atoms with Gasteiger partial charge in [-0.15, -0.1) is 13.6 Å². The van der Waals surface area contributed by atoms with Gasteiger partial charge in [0.25, 0.3) is 0 Å². The molecule has 12 heteroatoms. The Morgan fingerprint density at radius 3 is 1.02 bits per heavy atom. The second kappa shape index (κ2) is 11.3. The van der Waals surface area contributed by atoms with Crippen molar-refractivity contribution in [3.8, 4) is 17.2 Å². The maximum absolute atomic E-state index is 13.1. The third kappa shape index (κ3) is 6.26. The molecule has 206 valence electrons. The van der Waals surface area contributed by atoms with Gasteiger partial charge >= 0.3 is 24.8 Å². The molecular weight excluding hydrogens is 573 g/mol. The molecule has 3 atom stereocenters. The average Bonchev–Trinajstić information content (AvgIpc) is 2.88. The number of hydrogen-bond donors (Lipinski definition) is 0. The van der Waals surface area contributed by atoms with Crippen LogP contribution in [-0.4, -0.2) is 16.8 Å². The molecule has 4 bridgehead atoms. The van der Waals surface area contributed by atoms with Gasteiger partial charge in [0.2, 0.25) is 0 Å². The van der Waals surface area contributed by atoms with Gasteiger partial charge in [-0.25, -0.2) is 13.6 Å². The topological polar surface area (TPSA) is 107 Å². The van der Waals surface area contributed by atoms with Crippen LogP contribution in [0, 0.1) is 5.92 Å². The molecule has 4 aliphatic rings. The van der Waals surface area contributed by atoms with Crippen LogP contribution in [-0.2, 0) is 27.3 Å². The molecular formula is C28H28O9P3+3. The van der Waals surface area contributed by atoms with Gasteiger partial charge in [0.15, 0.2) is 17.2 Å². The van der Waals surface area contributed by atoms with E-state index in [0.29, 0.717) is 55.8 Å². The van der Waals surface area contributed by atoms with E-state index in [0.717, 1.165) is 0 Å². The highest BCUT2D eigenvalue weighted by molar-refractivity contribution is 7.34. The monoisotopic (exact) mass is 601 g/mol. The summed E-state index contributed by atoms with van der Waals surface area (Å²) in [6.07, 6.45) is 2.72. The summed E-state index contributed by atoms with van der Waals surface area (Å²) in [5.41, 5.74) is -2.89. The van der Waals surface area contributed by atoms with Crippen molar-refractivity contribution < 1.29 is 40.8 Å². The fourth-order valence-corrected chi connectivity index (χ4v) is 9.27. The van der Waals surface area contributed by atoms with Crippen molar-refractivity contribution in [1.82, 2.24) is 0 Å². The summed E-state index contributed by atoms with van der Waals surface area (Å²) in [5.74, 6) is 1.29. The second-order valence-corrected chi connectivity index (χ2v) is 13.2. The molecule has 3 aromatic rings. The Balaban J connectivity index is 1.24. The Kier molecular flexibility index (Phi) is 7.71. The van der Waals surface area contributed by atoms with Gasteiger partial charge in [0.05, 0.1) is 0 Å². The first-order valence-electron chi connectivity index (χ1n) is 13.0. The minimum Gasteiger partial charge on any atom is -0.229 e. The van der Waals surface area contributed by atoms with Crippen LogP contribution in [0.15, 0.2) is 91.0 Å². The van der Waals surface area contributed by atoms with E-state index in [1.54, 1.807) is 72.8 Å². The minimum absolute atomic E-state index is 0.0247. The fraction of sp³-hybridized carbons (Fsp3) is 0.357. The molecule has 0 radical (unpaired) electrons. The molecule has 0 amide bonds. The summed E-state index contributed by atoms with van der Waals surface area (Å²) in [5, 5.41) is 0. The lowest BCUT2D eigenvalue weighted by Gasteiger charge is -2.59. The van der Waals surface area contributed by atoms with Gasteiger partial charge in [-0.1, -0.05) is 54.6 Å². The predicted molar refractivity (Wildman–Crippen MR) is 147 cm³/mol. The van der Waals surface area contributed by atoms with E-state index in [1.165, 1.54) is 0 Å². The Morgan fingerprint density at radius 2 is 0.750 bits per heavy atom. The maximum Gasteiger partial charge on any atom is 0.750 e. The summed E-state index contributed by atoms with van der Waals surface area (Å²) in [4.78, 5) is 0. The van der Waals surface area contributed by atoms with Crippen molar-refractivity contribution in [3.63, 3.8) is 0 Å². The van der Waals surface area contributed by atoms with E-state index in [1.807, 2.05) is 18.2 Å². The van der Waals surface area contributed by atoms with Gasteiger partial charge < -0.3 is 0 Å². The molecule has 7 rings (SSSR count). The zero-order chi connectivity index (χ0) is 27.6. The Labute approximate surface area is 234 Å². The third-order valence-corrected chi connectivity index (χ3v) is 10.2. The molecule has 40 heavy (non-hydrogen) atoms. The van der Waals surface area contributed by atoms with Gasteiger partial charge in [-0.3, -0.25) is 0 Å². The summed E-state index contributed by atoms with van der Waals surface area (Å²) in [6, 6.07) is 26.4. The highest BCUT2D eigenvalue weighted by atomic mass is 31.1. The van der Waals surface area contributed by atoms with E-state index < -0.39 is 41.6 Å². The molecule has 0 N–H and O–H groups in total. The van der Waals surface area contributed by atoms with Gasteiger partial charge in [0, 0.05) is 33.0 Å². The van der Waals surface area contributed by atoms with E-state index >= 15 is 0 Å². The van der Waals surface area contributed by atoms with Crippen LogP contribution in [0.5, 0.6) is 17.2 Å². The molecule has 0 saturated heterocycles. The molecule has 0 aromatic heterocycles. The quantitative estimate of drug-likeness (QED) is 0.189. The van der Waals surface area contributed by atoms with Crippen molar-refractivity contribution in [2.45, 2.75) is 55.3 Å². The Hall–Kier alpha value is -2.76. The molecule has 0 heterocycles. The normalized spacial score (nSPS) is 29.4. The van der Waals surface area contributed by atoms with Gasteiger partial charge in [0.1, 0.15) is 16.8 Å². The number of hydrogen-bond acceptors (Lipinski definition) is 9. The summed E-state index contributed by atoms with van der Waals surface area (Å²) in [7, 11) is -7.66. The summed E-state index contributed by atoms with van der Waals surface area (Å²) < 4.78 is 74.5. The van der Waals surface area contributed by atoms with Crippen LogP contribution in [0.1, 0.15) is 38.5 Å². The van der Waals surface area contributed by atoms with Crippen molar-refractivity contribution in [1.29, 1.82) is 0 Å². The molecule has 3 unspecified atom stereocenters. The Morgan fingerprint density at radius 1 is 0.475 bits per heavy atom. The minimum atomic E-state index is -2.55. The van der Waals surface area contributed by atoms with Crippen molar-refractivity contribution in [2.75, 3.05) is 0 Å². The SMILES string of the molecule is O=[P+](Oc1ccccc1)OC12CC3CC(O[P+](=O)Oc4ccccc4)(C1)CC(O[P+](=O)Oc1ccccc1)(C3)C2. The fourth-order valence-electron chi connectivity index (χ4n) is 6.71. The zero-order valence-electron chi connectivity index (χ0n) is 21.5. The summed E-state index contributed by atoms with van der Waals surface area (Å²) >= 11 is 0. The van der Waals surface area contributed by atoms with Crippen molar-refractivity contribution >= 4 is 24.8 Å². The lowest BCUT2D eigenvalue weighted by Crippen LogP contribution is -2.67. The first kappa shape index (κ1) is 27.4. The Bertz CT molecular complexity index is 1210. The van der Waals surface area contributed by atoms with Crippen LogP contribution < -0.4 is 13.6 Å². The average molecular weight is 601 g/mol. The lowest BCUT2D eigenvalue weighted by atomic mass is 9.50. The maximum atomic E-state index is 13.1. The predicted octanol–water partition coefficient (Wildman–Crippen LogP) is 8.46. The third-order valence-electron chi connectivity index (χ3n) is 7.49. The standard InChI is InChI=1S/C28H28O9P3/c29-38(32-23-10-4-1-5-11-23)35-26-16-22-17-27(19-26,36-39(30)33-24-12-6-2-7-13-24)21-28(18-22,20-26)37-40(31)34-25-14-8-3-9-15-25/h1-15,22H,16-21H2/q+3. The smallest absolute Gasteiger partial charge is 0.229 e. The van der Waals surface area contributed by atoms with Crippen LogP contribution in [0.3, 0.4) is 0 Å². The van der Waals surface area contributed by atoms with Crippen LogP contribution >= 0.6 is 24.8 Å². The van der Waals surface area contributed by atoms with Crippen LogP contribution in [0.25, 0.3) is 0 Å². The van der Waals surface area contributed by atoms with E-state index in [9.17, 15) is 13.7 Å². The molecule has 4 aliphatic carbocycles. The van der Waals surface area contributed by atoms with Crippen LogP contribution in [0.4, 0.5) is 0 Å². The largest absolute Gasteiger partial charge is 0.750 e. The van der Waals surface area contributed by atoms with Crippen molar-refractivity contribution in [3.05, 3.63) is 91.0 Å². The first-order chi connectivity index (χ1) is 19.3. The van der Waals surface area contributed by atoms with E-state index in [-0.39, 0.29) is 5.92 Å². The van der Waals surface area contributed by atoms with E-state index in [2.05, 4.69) is 0 Å². The lowest BCUT2D eigenvalue weighted by molar-refractivity contribution is -0.228. The summed E-state index contributed by atoms with van der Waals surface area (Å²) in [6.45, 7) is 0. The van der Waals surface area contributed by atoms with Gasteiger partial charge in [-0.2, -0.15) is 0 Å². The second-order valence-electron chi connectivity index (χ2n) is 10.7.